The molecular formula is C9H13BrN2OS. The zero-order chi connectivity index (χ0) is 10.7. The lowest BCUT2D eigenvalue weighted by Crippen LogP contribution is -2.29. The molecule has 1 aromatic heterocycles. The number of hydrogen-bond acceptors (Lipinski definition) is 3. The lowest BCUT2D eigenvalue weighted by Gasteiger charge is -2.01. The predicted octanol–water partition coefficient (Wildman–Crippen LogP) is 2.31. The topological polar surface area (TPSA) is 55.1 Å². The second-order valence-electron chi connectivity index (χ2n) is 3.45. The van der Waals surface area contributed by atoms with Crippen molar-refractivity contribution in [2.45, 2.75) is 20.3 Å². The van der Waals surface area contributed by atoms with Gasteiger partial charge in [-0.15, -0.1) is 11.3 Å². The number of nitrogen functional groups attached to an aromatic ring is 1. The van der Waals surface area contributed by atoms with Crippen molar-refractivity contribution < 1.29 is 4.79 Å². The molecule has 0 fully saturated rings. The third kappa shape index (κ3) is 2.80. The Kier molecular flexibility index (Phi) is 4.10. The number of thiophene rings is 1. The average molecular weight is 277 g/mol. The molecule has 5 heteroatoms. The maximum atomic E-state index is 11.2. The Labute approximate surface area is 95.8 Å². The van der Waals surface area contributed by atoms with E-state index in [0.29, 0.717) is 10.8 Å². The second-order valence-corrected chi connectivity index (χ2v) is 5.44. The Morgan fingerprint density at radius 1 is 1.71 bits per heavy atom. The van der Waals surface area contributed by atoms with E-state index < -0.39 is 0 Å². The first-order chi connectivity index (χ1) is 6.54. The van der Waals surface area contributed by atoms with Crippen molar-refractivity contribution in [1.29, 1.82) is 0 Å². The van der Waals surface area contributed by atoms with Crippen molar-refractivity contribution in [2.24, 2.45) is 11.8 Å². The van der Waals surface area contributed by atoms with Crippen LogP contribution < -0.4 is 11.3 Å². The minimum absolute atomic E-state index is 0.231. The molecule has 3 nitrogen and oxygen atoms in total. The molecule has 0 aliphatic rings. The second kappa shape index (κ2) is 4.91. The van der Waals surface area contributed by atoms with Crippen LogP contribution in [0.3, 0.4) is 0 Å². The van der Waals surface area contributed by atoms with Crippen LogP contribution in [0.15, 0.2) is 10.5 Å². The molecule has 14 heavy (non-hydrogen) atoms. The molecule has 1 amide bonds. The van der Waals surface area contributed by atoms with Gasteiger partial charge in [0.2, 0.25) is 0 Å². The van der Waals surface area contributed by atoms with Gasteiger partial charge in [0.15, 0.2) is 0 Å². The highest BCUT2D eigenvalue weighted by Gasteiger charge is 2.12. The van der Waals surface area contributed by atoms with Crippen LogP contribution in [0.4, 0.5) is 0 Å². The summed E-state index contributed by atoms with van der Waals surface area (Å²) in [7, 11) is 0. The maximum absolute atomic E-state index is 11.2. The van der Waals surface area contributed by atoms with E-state index in [0.717, 1.165) is 10.9 Å². The van der Waals surface area contributed by atoms with Crippen LogP contribution >= 0.6 is 27.3 Å². The van der Waals surface area contributed by atoms with Crippen LogP contribution in [0.5, 0.6) is 0 Å². The van der Waals surface area contributed by atoms with E-state index in [4.69, 9.17) is 5.84 Å². The van der Waals surface area contributed by atoms with Gasteiger partial charge in [-0.2, -0.15) is 0 Å². The summed E-state index contributed by atoms with van der Waals surface area (Å²) >= 11 is 4.91. The predicted molar refractivity (Wildman–Crippen MR) is 62.2 cm³/mol. The molecular weight excluding hydrogens is 264 g/mol. The highest BCUT2D eigenvalue weighted by molar-refractivity contribution is 9.10. The number of nitrogens with one attached hydrogen (secondary N) is 1. The molecule has 0 aromatic carbocycles. The Bertz CT molecular complexity index is 336. The number of halogens is 1. The first-order valence-electron chi connectivity index (χ1n) is 4.33. The third-order valence-corrected chi connectivity index (χ3v) is 3.83. The summed E-state index contributed by atoms with van der Waals surface area (Å²) in [6.45, 7) is 4.30. The van der Waals surface area contributed by atoms with E-state index in [2.05, 4.69) is 35.2 Å². The summed E-state index contributed by atoms with van der Waals surface area (Å²) in [4.78, 5) is 13.1. The van der Waals surface area contributed by atoms with Crippen molar-refractivity contribution in [1.82, 2.24) is 5.43 Å². The molecule has 78 valence electrons. The number of carbonyl (C=O) groups is 1. The zero-order valence-corrected chi connectivity index (χ0v) is 10.5. The minimum Gasteiger partial charge on any atom is -0.289 e. The standard InChI is InChI=1S/C9H13BrN2OS/c1-5(2)3-7-6(10)4-8(14-7)9(13)12-11/h4-5H,3,11H2,1-2H3,(H,12,13). The molecule has 0 aliphatic heterocycles. The van der Waals surface area contributed by atoms with Gasteiger partial charge in [0.05, 0.1) is 4.88 Å². The molecule has 0 unspecified atom stereocenters. The molecule has 1 rings (SSSR count). The molecule has 1 heterocycles. The lowest BCUT2D eigenvalue weighted by atomic mass is 10.1. The number of nitrogens with two attached hydrogens (primary N) is 1. The van der Waals surface area contributed by atoms with Crippen molar-refractivity contribution in [3.63, 3.8) is 0 Å². The van der Waals surface area contributed by atoms with E-state index >= 15 is 0 Å². The van der Waals surface area contributed by atoms with E-state index in [1.165, 1.54) is 16.2 Å². The summed E-state index contributed by atoms with van der Waals surface area (Å²) in [5.41, 5.74) is 2.13. The van der Waals surface area contributed by atoms with Crippen LogP contribution in [0.25, 0.3) is 0 Å². The third-order valence-electron chi connectivity index (χ3n) is 1.71. The summed E-state index contributed by atoms with van der Waals surface area (Å²) < 4.78 is 0.995. The van der Waals surface area contributed by atoms with Gasteiger partial charge in [-0.25, -0.2) is 5.84 Å². The van der Waals surface area contributed by atoms with Gasteiger partial charge in [-0.3, -0.25) is 10.2 Å². The number of carbonyl (C=O) groups excluding carboxylic acids is 1. The minimum atomic E-state index is -0.231. The summed E-state index contributed by atoms with van der Waals surface area (Å²) in [5, 5.41) is 0. The molecule has 0 bridgehead atoms. The fourth-order valence-corrected chi connectivity index (χ4v) is 3.05. The zero-order valence-electron chi connectivity index (χ0n) is 8.13. The molecule has 0 spiro atoms. The number of rotatable bonds is 3. The molecule has 0 aliphatic carbocycles. The first kappa shape index (κ1) is 11.7. The van der Waals surface area contributed by atoms with Crippen molar-refractivity contribution in [2.75, 3.05) is 0 Å². The Hall–Kier alpha value is -0.390. The normalized spacial score (nSPS) is 10.6. The van der Waals surface area contributed by atoms with Crippen LogP contribution in [0.1, 0.15) is 28.4 Å². The molecule has 0 saturated carbocycles. The van der Waals surface area contributed by atoms with Crippen molar-refractivity contribution in [3.8, 4) is 0 Å². The van der Waals surface area contributed by atoms with Gasteiger partial charge in [-0.05, 0) is 34.3 Å². The van der Waals surface area contributed by atoms with Gasteiger partial charge in [0.25, 0.3) is 5.91 Å². The SMILES string of the molecule is CC(C)Cc1sc(C(=O)NN)cc1Br. The quantitative estimate of drug-likeness (QED) is 0.506. The monoisotopic (exact) mass is 276 g/mol. The highest BCUT2D eigenvalue weighted by atomic mass is 79.9. The van der Waals surface area contributed by atoms with Crippen LogP contribution in [-0.2, 0) is 6.42 Å². The van der Waals surface area contributed by atoms with Gasteiger partial charge >= 0.3 is 0 Å². The summed E-state index contributed by atoms with van der Waals surface area (Å²) in [5.74, 6) is 5.41. The fraction of sp³-hybridized carbons (Fsp3) is 0.444. The smallest absolute Gasteiger partial charge is 0.275 e. The highest BCUT2D eigenvalue weighted by Crippen LogP contribution is 2.29. The van der Waals surface area contributed by atoms with Crippen molar-refractivity contribution in [3.05, 3.63) is 20.3 Å². The number of amides is 1. The first-order valence-corrected chi connectivity index (χ1v) is 5.94. The van der Waals surface area contributed by atoms with Gasteiger partial charge in [0.1, 0.15) is 0 Å². The largest absolute Gasteiger partial charge is 0.289 e. The molecule has 3 N–H and O–H groups in total. The van der Waals surface area contributed by atoms with Gasteiger partial charge in [0, 0.05) is 9.35 Å². The van der Waals surface area contributed by atoms with Crippen LogP contribution in [0.2, 0.25) is 0 Å². The van der Waals surface area contributed by atoms with Gasteiger partial charge in [-0.1, -0.05) is 13.8 Å². The molecule has 0 saturated heterocycles. The Balaban J connectivity index is 2.87. The Morgan fingerprint density at radius 2 is 2.36 bits per heavy atom. The van der Waals surface area contributed by atoms with E-state index in [9.17, 15) is 4.79 Å². The van der Waals surface area contributed by atoms with E-state index in [-0.39, 0.29) is 5.91 Å². The van der Waals surface area contributed by atoms with Crippen LogP contribution in [-0.4, -0.2) is 5.91 Å². The number of hydrazine groups is 1. The lowest BCUT2D eigenvalue weighted by molar-refractivity contribution is 0.0957. The van der Waals surface area contributed by atoms with Gasteiger partial charge < -0.3 is 0 Å². The fourth-order valence-electron chi connectivity index (χ4n) is 1.10. The van der Waals surface area contributed by atoms with Crippen LogP contribution in [0, 0.1) is 5.92 Å². The maximum Gasteiger partial charge on any atom is 0.275 e. The molecule has 1 aromatic rings. The molecule has 0 atom stereocenters. The Morgan fingerprint density at radius 3 is 2.86 bits per heavy atom. The average Bonchev–Trinajstić information content (AvgIpc) is 2.46. The van der Waals surface area contributed by atoms with Crippen molar-refractivity contribution >= 4 is 33.2 Å². The van der Waals surface area contributed by atoms with E-state index in [1.54, 1.807) is 0 Å². The molecule has 0 radical (unpaired) electrons. The van der Waals surface area contributed by atoms with E-state index in [1.807, 2.05) is 6.07 Å². The summed E-state index contributed by atoms with van der Waals surface area (Å²) in [6.07, 6.45) is 0.975. The number of hydrogen-bond donors (Lipinski definition) is 2. The summed E-state index contributed by atoms with van der Waals surface area (Å²) in [6, 6.07) is 1.81.